The Hall–Kier alpha value is -4.71. The van der Waals surface area contributed by atoms with Gasteiger partial charge in [-0.3, -0.25) is 9.59 Å². The third kappa shape index (κ3) is 3.82. The summed E-state index contributed by atoms with van der Waals surface area (Å²) < 4.78 is 1.24. The summed E-state index contributed by atoms with van der Waals surface area (Å²) in [5, 5.41) is 18.1. The highest BCUT2D eigenvalue weighted by molar-refractivity contribution is 6.03. The van der Waals surface area contributed by atoms with Gasteiger partial charge in [0.05, 0.1) is 17.5 Å². The van der Waals surface area contributed by atoms with E-state index in [4.69, 9.17) is 0 Å². The number of rotatable bonds is 4. The van der Waals surface area contributed by atoms with Crippen molar-refractivity contribution in [3.8, 4) is 11.6 Å². The van der Waals surface area contributed by atoms with E-state index in [2.05, 4.69) is 10.5 Å². The monoisotopic (exact) mass is 447 g/mol. The molecule has 166 valence electrons. The van der Waals surface area contributed by atoms with Crippen LogP contribution in [0.25, 0.3) is 27.2 Å². The molecule has 0 unspecified atom stereocenters. The first-order valence-electron chi connectivity index (χ1n) is 10.8. The minimum atomic E-state index is -0.377. The van der Waals surface area contributed by atoms with E-state index in [0.29, 0.717) is 27.6 Å². The second-order valence-electron chi connectivity index (χ2n) is 8.02. The Balaban J connectivity index is 1.53. The largest absolute Gasteiger partial charge is 0.494 e. The second-order valence-corrected chi connectivity index (χ2v) is 8.02. The molecule has 0 saturated carbocycles. The Morgan fingerprint density at radius 2 is 1.56 bits per heavy atom. The molecule has 0 fully saturated rings. The molecule has 0 aliphatic heterocycles. The lowest BCUT2D eigenvalue weighted by atomic mass is 10.1. The second kappa shape index (κ2) is 8.67. The number of hydrogen-bond donors (Lipinski definition) is 2. The van der Waals surface area contributed by atoms with Gasteiger partial charge in [0.1, 0.15) is 0 Å². The standard InChI is InChI=1S/C28H21N3O3/c1-18-10-14-22(15-11-18)31-27(33)24-9-5-4-8-23(24)25(28(31)34)17-29-30-26(32)21-13-12-19-6-2-3-7-20(19)16-21/h2-17,34H,1H3,(H,30,32)/b29-17+. The summed E-state index contributed by atoms with van der Waals surface area (Å²) in [7, 11) is 0. The predicted octanol–water partition coefficient (Wildman–Crippen LogP) is 4.92. The lowest BCUT2D eigenvalue weighted by molar-refractivity contribution is 0.0955. The fourth-order valence-electron chi connectivity index (χ4n) is 3.97. The van der Waals surface area contributed by atoms with Crippen molar-refractivity contribution in [3.05, 3.63) is 118 Å². The highest BCUT2D eigenvalue weighted by Crippen LogP contribution is 2.26. The van der Waals surface area contributed by atoms with Gasteiger partial charge in [-0.15, -0.1) is 0 Å². The zero-order valence-corrected chi connectivity index (χ0v) is 18.4. The summed E-state index contributed by atoms with van der Waals surface area (Å²) in [6.45, 7) is 1.95. The Morgan fingerprint density at radius 3 is 2.32 bits per heavy atom. The molecule has 5 rings (SSSR count). The number of nitrogens with zero attached hydrogens (tertiary/aromatic N) is 2. The number of aromatic hydroxyl groups is 1. The fraction of sp³-hybridized carbons (Fsp3) is 0.0357. The van der Waals surface area contributed by atoms with Crippen LogP contribution in [0.4, 0.5) is 0 Å². The van der Waals surface area contributed by atoms with Crippen LogP contribution in [0, 0.1) is 6.92 Å². The third-order valence-corrected chi connectivity index (χ3v) is 5.77. The third-order valence-electron chi connectivity index (χ3n) is 5.77. The number of pyridine rings is 1. The first-order chi connectivity index (χ1) is 16.5. The smallest absolute Gasteiger partial charge is 0.271 e. The van der Waals surface area contributed by atoms with Crippen LogP contribution in [0.2, 0.25) is 0 Å². The molecule has 0 saturated heterocycles. The van der Waals surface area contributed by atoms with E-state index in [0.717, 1.165) is 16.3 Å². The van der Waals surface area contributed by atoms with Gasteiger partial charge in [-0.2, -0.15) is 5.10 Å². The van der Waals surface area contributed by atoms with Crippen molar-refractivity contribution < 1.29 is 9.90 Å². The number of carbonyl (C=O) groups is 1. The molecule has 5 aromatic rings. The van der Waals surface area contributed by atoms with Crippen molar-refractivity contribution in [1.82, 2.24) is 9.99 Å². The normalized spacial score (nSPS) is 11.3. The zero-order valence-electron chi connectivity index (χ0n) is 18.4. The molecular weight excluding hydrogens is 426 g/mol. The van der Waals surface area contributed by atoms with E-state index in [1.165, 1.54) is 10.8 Å². The Labute approximate surface area is 195 Å². The van der Waals surface area contributed by atoms with Gasteiger partial charge in [0.15, 0.2) is 0 Å². The van der Waals surface area contributed by atoms with Gasteiger partial charge in [-0.25, -0.2) is 9.99 Å². The molecule has 2 N–H and O–H groups in total. The molecule has 6 nitrogen and oxygen atoms in total. The number of hydrogen-bond acceptors (Lipinski definition) is 4. The SMILES string of the molecule is Cc1ccc(-n2c(O)c(/C=N/NC(=O)c3ccc4ccccc4c3)c3ccccc3c2=O)cc1. The Morgan fingerprint density at radius 1 is 0.882 bits per heavy atom. The average molecular weight is 447 g/mol. The van der Waals surface area contributed by atoms with Crippen LogP contribution >= 0.6 is 0 Å². The van der Waals surface area contributed by atoms with Crippen LogP contribution in [0.15, 0.2) is 101 Å². The van der Waals surface area contributed by atoms with Gasteiger partial charge >= 0.3 is 0 Å². The molecule has 0 atom stereocenters. The maximum absolute atomic E-state index is 13.1. The van der Waals surface area contributed by atoms with Crippen LogP contribution in [0.3, 0.4) is 0 Å². The van der Waals surface area contributed by atoms with Crippen LogP contribution in [0.1, 0.15) is 21.5 Å². The molecule has 0 bridgehead atoms. The molecular formula is C28H21N3O3. The first kappa shape index (κ1) is 21.2. The first-order valence-corrected chi connectivity index (χ1v) is 10.8. The summed E-state index contributed by atoms with van der Waals surface area (Å²) in [6.07, 6.45) is 1.36. The maximum Gasteiger partial charge on any atom is 0.271 e. The highest BCUT2D eigenvalue weighted by Gasteiger charge is 2.16. The highest BCUT2D eigenvalue weighted by atomic mass is 16.3. The number of benzene rings is 4. The zero-order chi connectivity index (χ0) is 23.7. The number of carbonyl (C=O) groups excluding carboxylic acids is 1. The lowest BCUT2D eigenvalue weighted by Gasteiger charge is -2.14. The summed E-state index contributed by atoms with van der Waals surface area (Å²) in [6, 6.07) is 27.5. The number of fused-ring (bicyclic) bond motifs is 2. The van der Waals surface area contributed by atoms with Crippen LogP contribution in [-0.2, 0) is 0 Å². The molecule has 4 aromatic carbocycles. The van der Waals surface area contributed by atoms with Crippen molar-refractivity contribution >= 4 is 33.7 Å². The summed E-state index contributed by atoms with van der Waals surface area (Å²) >= 11 is 0. The van der Waals surface area contributed by atoms with E-state index in [9.17, 15) is 14.7 Å². The fourth-order valence-corrected chi connectivity index (χ4v) is 3.97. The quantitative estimate of drug-likeness (QED) is 0.303. The average Bonchev–Trinajstić information content (AvgIpc) is 2.87. The number of aromatic nitrogens is 1. The molecule has 0 aliphatic carbocycles. The van der Waals surface area contributed by atoms with Crippen LogP contribution < -0.4 is 11.0 Å². The molecule has 0 spiro atoms. The molecule has 1 amide bonds. The van der Waals surface area contributed by atoms with E-state index in [1.54, 1.807) is 48.5 Å². The summed E-state index contributed by atoms with van der Waals surface area (Å²) in [5.74, 6) is -0.631. The summed E-state index contributed by atoms with van der Waals surface area (Å²) in [4.78, 5) is 25.8. The lowest BCUT2D eigenvalue weighted by Crippen LogP contribution is -2.21. The minimum absolute atomic E-state index is 0.253. The van der Waals surface area contributed by atoms with Crippen molar-refractivity contribution in [2.45, 2.75) is 6.92 Å². The van der Waals surface area contributed by atoms with Crippen molar-refractivity contribution in [1.29, 1.82) is 0 Å². The molecule has 1 heterocycles. The number of nitrogens with one attached hydrogen (secondary N) is 1. The minimum Gasteiger partial charge on any atom is -0.494 e. The summed E-state index contributed by atoms with van der Waals surface area (Å²) in [5.41, 5.74) is 4.55. The number of hydrazone groups is 1. The van der Waals surface area contributed by atoms with Gasteiger partial charge in [-0.1, -0.05) is 66.2 Å². The number of aryl methyl sites for hydroxylation is 1. The molecule has 0 aliphatic rings. The topological polar surface area (TPSA) is 83.7 Å². The van der Waals surface area contributed by atoms with Crippen molar-refractivity contribution in [2.75, 3.05) is 0 Å². The van der Waals surface area contributed by atoms with Crippen molar-refractivity contribution in [2.24, 2.45) is 5.10 Å². The Bertz CT molecular complexity index is 1630. The van der Waals surface area contributed by atoms with Gasteiger partial charge in [0.2, 0.25) is 5.88 Å². The van der Waals surface area contributed by atoms with Gasteiger partial charge in [0.25, 0.3) is 11.5 Å². The van der Waals surface area contributed by atoms with Gasteiger partial charge in [0, 0.05) is 16.3 Å². The van der Waals surface area contributed by atoms with Gasteiger partial charge in [-0.05, 0) is 48.0 Å². The van der Waals surface area contributed by atoms with E-state index in [-0.39, 0.29) is 17.3 Å². The van der Waals surface area contributed by atoms with Crippen LogP contribution in [0.5, 0.6) is 5.88 Å². The number of amides is 1. The predicted molar refractivity (Wildman–Crippen MR) is 135 cm³/mol. The van der Waals surface area contributed by atoms with Crippen LogP contribution in [-0.4, -0.2) is 21.8 Å². The van der Waals surface area contributed by atoms with Crippen molar-refractivity contribution in [3.63, 3.8) is 0 Å². The maximum atomic E-state index is 13.1. The molecule has 34 heavy (non-hydrogen) atoms. The molecule has 6 heteroatoms. The van der Waals surface area contributed by atoms with E-state index < -0.39 is 0 Å². The Kier molecular flexibility index (Phi) is 5.40. The molecule has 0 radical (unpaired) electrons. The van der Waals surface area contributed by atoms with E-state index >= 15 is 0 Å². The van der Waals surface area contributed by atoms with Gasteiger partial charge < -0.3 is 5.11 Å². The molecule has 1 aromatic heterocycles. The van der Waals surface area contributed by atoms with E-state index in [1.807, 2.05) is 49.4 Å².